The van der Waals surface area contributed by atoms with Crippen LogP contribution in [0, 0.1) is 0 Å². The summed E-state index contributed by atoms with van der Waals surface area (Å²) >= 11 is 0. The van der Waals surface area contributed by atoms with Gasteiger partial charge in [-0.05, 0) is 35.9 Å². The fourth-order valence-corrected chi connectivity index (χ4v) is 3.53. The monoisotopic (exact) mass is 323 g/mol. The number of fused-ring (bicyclic) bond motifs is 3. The molecule has 3 nitrogen and oxygen atoms in total. The fraction of sp³-hybridized carbons (Fsp3) is 0. The van der Waals surface area contributed by atoms with Crippen LogP contribution in [-0.4, -0.2) is 4.57 Å². The summed E-state index contributed by atoms with van der Waals surface area (Å²) in [6, 6.07) is 25.8. The van der Waals surface area contributed by atoms with E-state index in [0.29, 0.717) is 5.56 Å². The SMILES string of the molecule is O=c1cc(-c2ccc3c(c2)c2ccccc2n3-c2ccccc2)c1=O. The lowest BCUT2D eigenvalue weighted by atomic mass is 10.00. The van der Waals surface area contributed by atoms with Gasteiger partial charge in [-0.2, -0.15) is 0 Å². The third-order valence-corrected chi connectivity index (χ3v) is 4.74. The minimum atomic E-state index is -0.415. The Morgan fingerprint density at radius 3 is 2.12 bits per heavy atom. The third kappa shape index (κ3) is 1.93. The summed E-state index contributed by atoms with van der Waals surface area (Å²) < 4.78 is 2.22. The second-order valence-corrected chi connectivity index (χ2v) is 6.17. The molecule has 0 radical (unpaired) electrons. The second-order valence-electron chi connectivity index (χ2n) is 6.17. The van der Waals surface area contributed by atoms with Crippen LogP contribution < -0.4 is 10.9 Å². The molecule has 0 atom stereocenters. The van der Waals surface area contributed by atoms with Crippen molar-refractivity contribution in [3.05, 3.63) is 99.3 Å². The standard InChI is InChI=1S/C22H13NO2/c24-21-13-17(22(21)25)14-10-11-20-18(12-14)16-8-4-5-9-19(16)23(20)15-6-2-1-3-7-15/h1-13H. The van der Waals surface area contributed by atoms with E-state index in [-0.39, 0.29) is 0 Å². The summed E-state index contributed by atoms with van der Waals surface area (Å²) in [7, 11) is 0. The lowest BCUT2D eigenvalue weighted by molar-refractivity contribution is 1.18. The number of benzene rings is 3. The fourth-order valence-electron chi connectivity index (χ4n) is 3.53. The second kappa shape index (κ2) is 5.02. The van der Waals surface area contributed by atoms with E-state index in [2.05, 4.69) is 28.8 Å². The first-order chi connectivity index (χ1) is 12.2. The largest absolute Gasteiger partial charge is 0.309 e. The highest BCUT2D eigenvalue weighted by Gasteiger charge is 2.16. The van der Waals surface area contributed by atoms with Crippen molar-refractivity contribution in [2.45, 2.75) is 0 Å². The number of hydrogen-bond acceptors (Lipinski definition) is 2. The molecule has 0 fully saturated rings. The summed E-state index contributed by atoms with van der Waals surface area (Å²) in [5.41, 5.74) is 3.78. The summed E-state index contributed by atoms with van der Waals surface area (Å²) in [6.45, 7) is 0. The Hall–Kier alpha value is -3.46. The Morgan fingerprint density at radius 2 is 1.36 bits per heavy atom. The van der Waals surface area contributed by atoms with Crippen molar-refractivity contribution in [2.75, 3.05) is 0 Å². The average molecular weight is 323 g/mol. The van der Waals surface area contributed by atoms with Crippen LogP contribution in [0.3, 0.4) is 0 Å². The molecule has 5 aromatic rings. The van der Waals surface area contributed by atoms with Gasteiger partial charge >= 0.3 is 0 Å². The summed E-state index contributed by atoms with van der Waals surface area (Å²) in [6.07, 6.45) is 0. The van der Waals surface area contributed by atoms with Gasteiger partial charge in [-0.25, -0.2) is 0 Å². The van der Waals surface area contributed by atoms with E-state index in [1.807, 2.05) is 48.5 Å². The summed E-state index contributed by atoms with van der Waals surface area (Å²) in [4.78, 5) is 23.0. The van der Waals surface area contributed by atoms with Gasteiger partial charge in [0.1, 0.15) is 0 Å². The molecule has 0 spiro atoms. The molecule has 0 saturated heterocycles. The first-order valence-corrected chi connectivity index (χ1v) is 8.13. The lowest BCUT2D eigenvalue weighted by Crippen LogP contribution is -2.30. The van der Waals surface area contributed by atoms with Crippen LogP contribution in [0.4, 0.5) is 0 Å². The molecule has 0 bridgehead atoms. The molecular weight excluding hydrogens is 310 g/mol. The first kappa shape index (κ1) is 13.9. The van der Waals surface area contributed by atoms with E-state index in [0.717, 1.165) is 33.1 Å². The average Bonchev–Trinajstić information content (AvgIpc) is 3.00. The normalized spacial score (nSPS) is 11.5. The van der Waals surface area contributed by atoms with E-state index in [9.17, 15) is 9.59 Å². The first-order valence-electron chi connectivity index (χ1n) is 8.13. The van der Waals surface area contributed by atoms with Crippen molar-refractivity contribution in [3.8, 4) is 16.8 Å². The van der Waals surface area contributed by atoms with Gasteiger partial charge < -0.3 is 4.57 Å². The smallest absolute Gasteiger partial charge is 0.233 e. The highest BCUT2D eigenvalue weighted by Crippen LogP contribution is 2.34. The molecular formula is C22H13NO2. The molecule has 0 unspecified atom stereocenters. The van der Waals surface area contributed by atoms with Crippen LogP contribution in [0.2, 0.25) is 0 Å². The van der Waals surface area contributed by atoms with E-state index >= 15 is 0 Å². The number of nitrogens with zero attached hydrogens (tertiary/aromatic N) is 1. The number of aromatic nitrogens is 1. The minimum absolute atomic E-state index is 0.397. The number of para-hydroxylation sites is 2. The van der Waals surface area contributed by atoms with Crippen LogP contribution in [0.1, 0.15) is 0 Å². The molecule has 5 rings (SSSR count). The molecule has 0 aliphatic rings. The van der Waals surface area contributed by atoms with Gasteiger partial charge in [0.25, 0.3) is 0 Å². The van der Waals surface area contributed by atoms with Gasteiger partial charge in [0, 0.05) is 28.1 Å². The molecule has 4 aromatic carbocycles. The Morgan fingerprint density at radius 1 is 0.640 bits per heavy atom. The molecule has 118 valence electrons. The molecule has 25 heavy (non-hydrogen) atoms. The van der Waals surface area contributed by atoms with Gasteiger partial charge in [0.2, 0.25) is 10.9 Å². The van der Waals surface area contributed by atoms with Crippen molar-refractivity contribution in [1.82, 2.24) is 4.57 Å². The molecule has 0 aliphatic carbocycles. The third-order valence-electron chi connectivity index (χ3n) is 4.74. The number of rotatable bonds is 2. The van der Waals surface area contributed by atoms with E-state index in [1.54, 1.807) is 0 Å². The van der Waals surface area contributed by atoms with Crippen molar-refractivity contribution >= 4 is 21.8 Å². The molecule has 3 heteroatoms. The lowest BCUT2D eigenvalue weighted by Gasteiger charge is -2.08. The van der Waals surface area contributed by atoms with Gasteiger partial charge in [0.05, 0.1) is 11.0 Å². The van der Waals surface area contributed by atoms with E-state index in [4.69, 9.17) is 0 Å². The maximum absolute atomic E-state index is 11.8. The Labute approximate surface area is 143 Å². The van der Waals surface area contributed by atoms with Crippen molar-refractivity contribution in [3.63, 3.8) is 0 Å². The molecule has 0 N–H and O–H groups in total. The Bertz CT molecular complexity index is 1320. The van der Waals surface area contributed by atoms with Crippen LogP contribution >= 0.6 is 0 Å². The molecule has 0 saturated carbocycles. The minimum Gasteiger partial charge on any atom is -0.309 e. The van der Waals surface area contributed by atoms with Crippen LogP contribution in [0.15, 0.2) is 88.5 Å². The summed E-state index contributed by atoms with van der Waals surface area (Å²) in [5.74, 6) is 0. The van der Waals surface area contributed by atoms with Crippen molar-refractivity contribution in [2.24, 2.45) is 0 Å². The van der Waals surface area contributed by atoms with Crippen LogP contribution in [0.5, 0.6) is 0 Å². The topological polar surface area (TPSA) is 39.1 Å². The molecule has 1 aromatic heterocycles. The maximum Gasteiger partial charge on any atom is 0.233 e. The predicted molar refractivity (Wildman–Crippen MR) is 101 cm³/mol. The van der Waals surface area contributed by atoms with Crippen molar-refractivity contribution in [1.29, 1.82) is 0 Å². The molecule has 0 amide bonds. The van der Waals surface area contributed by atoms with Gasteiger partial charge in [-0.3, -0.25) is 9.59 Å². The number of hydrogen-bond donors (Lipinski definition) is 0. The zero-order chi connectivity index (χ0) is 17.0. The van der Waals surface area contributed by atoms with Gasteiger partial charge in [-0.15, -0.1) is 0 Å². The quantitative estimate of drug-likeness (QED) is 0.460. The van der Waals surface area contributed by atoms with E-state index < -0.39 is 10.9 Å². The maximum atomic E-state index is 11.8. The van der Waals surface area contributed by atoms with Crippen LogP contribution in [-0.2, 0) is 0 Å². The highest BCUT2D eigenvalue weighted by atomic mass is 16.2. The molecule has 1 heterocycles. The van der Waals surface area contributed by atoms with E-state index in [1.165, 1.54) is 6.07 Å². The highest BCUT2D eigenvalue weighted by molar-refractivity contribution is 6.10. The zero-order valence-electron chi connectivity index (χ0n) is 13.3. The zero-order valence-corrected chi connectivity index (χ0v) is 13.3. The van der Waals surface area contributed by atoms with Gasteiger partial charge in [0.15, 0.2) is 0 Å². The summed E-state index contributed by atoms with van der Waals surface area (Å²) in [5, 5.41) is 2.20. The molecule has 0 aliphatic heterocycles. The predicted octanol–water partition coefficient (Wildman–Crippen LogP) is 4.05. The Kier molecular flexibility index (Phi) is 2.80. The van der Waals surface area contributed by atoms with Crippen molar-refractivity contribution < 1.29 is 0 Å². The van der Waals surface area contributed by atoms with Crippen LogP contribution in [0.25, 0.3) is 38.6 Å². The van der Waals surface area contributed by atoms with Gasteiger partial charge in [-0.1, -0.05) is 42.5 Å². The Balaban J connectivity index is 1.88.